The largest absolute Gasteiger partial charge is 0.508 e. The normalized spacial score (nSPS) is 10.2. The van der Waals surface area contributed by atoms with E-state index in [0.29, 0.717) is 12.2 Å². The number of rotatable bonds is 4. The molecule has 0 spiro atoms. The van der Waals surface area contributed by atoms with Gasteiger partial charge in [0.25, 0.3) is 11.6 Å². The van der Waals surface area contributed by atoms with Gasteiger partial charge in [-0.25, -0.2) is 0 Å². The maximum atomic E-state index is 12.1. The lowest BCUT2D eigenvalue weighted by atomic mass is 10.3. The maximum Gasteiger partial charge on any atom is 0.287 e. The lowest BCUT2D eigenvalue weighted by Crippen LogP contribution is -2.16. The molecule has 0 atom stereocenters. The Morgan fingerprint density at radius 3 is 2.60 bits per heavy atom. The summed E-state index contributed by atoms with van der Waals surface area (Å²) in [7, 11) is 0. The van der Waals surface area contributed by atoms with Crippen molar-refractivity contribution in [1.29, 1.82) is 0 Å². The predicted octanol–water partition coefficient (Wildman–Crippen LogP) is 2.37. The van der Waals surface area contributed by atoms with Crippen LogP contribution in [0.1, 0.15) is 17.4 Å². The number of carbonyl (C=O) groups excluding carboxylic acids is 1. The van der Waals surface area contributed by atoms with E-state index in [1.54, 1.807) is 19.1 Å². The van der Waals surface area contributed by atoms with Crippen molar-refractivity contribution < 1.29 is 14.8 Å². The molecule has 0 unspecified atom stereocenters. The van der Waals surface area contributed by atoms with E-state index in [2.05, 4.69) is 5.32 Å². The maximum absolute atomic E-state index is 12.1. The number of aromatic hydroxyl groups is 1. The van der Waals surface area contributed by atoms with Gasteiger partial charge in [-0.15, -0.1) is 0 Å². The van der Waals surface area contributed by atoms with Crippen molar-refractivity contribution >= 4 is 17.3 Å². The van der Waals surface area contributed by atoms with E-state index >= 15 is 0 Å². The van der Waals surface area contributed by atoms with Crippen LogP contribution in [0.25, 0.3) is 0 Å². The molecule has 104 valence electrons. The summed E-state index contributed by atoms with van der Waals surface area (Å²) in [4.78, 5) is 22.3. The first-order chi connectivity index (χ1) is 9.51. The zero-order valence-corrected chi connectivity index (χ0v) is 10.7. The molecule has 0 aliphatic rings. The molecule has 2 rings (SSSR count). The van der Waals surface area contributed by atoms with Crippen LogP contribution < -0.4 is 5.32 Å². The van der Waals surface area contributed by atoms with Crippen LogP contribution in [-0.4, -0.2) is 20.5 Å². The van der Waals surface area contributed by atoms with Crippen LogP contribution in [0.3, 0.4) is 0 Å². The van der Waals surface area contributed by atoms with Gasteiger partial charge in [-0.3, -0.25) is 14.9 Å². The second kappa shape index (κ2) is 5.43. The Hall–Kier alpha value is -2.83. The topological polar surface area (TPSA) is 97.4 Å². The first kappa shape index (κ1) is 13.6. The van der Waals surface area contributed by atoms with E-state index in [1.807, 2.05) is 0 Å². The summed E-state index contributed by atoms with van der Waals surface area (Å²) in [6.45, 7) is 2.24. The summed E-state index contributed by atoms with van der Waals surface area (Å²) in [6, 6.07) is 7.20. The van der Waals surface area contributed by atoms with Crippen LogP contribution in [0.4, 0.5) is 11.4 Å². The third-order valence-electron chi connectivity index (χ3n) is 2.79. The van der Waals surface area contributed by atoms with Crippen LogP contribution in [0.5, 0.6) is 5.75 Å². The van der Waals surface area contributed by atoms with Crippen molar-refractivity contribution in [3.63, 3.8) is 0 Å². The number of hydrogen-bond donors (Lipinski definition) is 2. The third-order valence-corrected chi connectivity index (χ3v) is 2.79. The summed E-state index contributed by atoms with van der Waals surface area (Å²) in [5.74, 6) is -0.346. The van der Waals surface area contributed by atoms with Crippen LogP contribution >= 0.6 is 0 Å². The van der Waals surface area contributed by atoms with Crippen molar-refractivity contribution in [3.05, 3.63) is 52.3 Å². The third kappa shape index (κ3) is 2.77. The minimum atomic E-state index is -0.538. The molecule has 0 aliphatic heterocycles. The van der Waals surface area contributed by atoms with E-state index in [1.165, 1.54) is 29.0 Å². The molecule has 2 aromatic rings. The highest BCUT2D eigenvalue weighted by Gasteiger charge is 2.18. The van der Waals surface area contributed by atoms with Crippen molar-refractivity contribution in [2.45, 2.75) is 13.5 Å². The van der Waals surface area contributed by atoms with E-state index < -0.39 is 10.8 Å². The van der Waals surface area contributed by atoms with Crippen LogP contribution in [0.2, 0.25) is 0 Å². The Labute approximate surface area is 114 Å². The number of benzene rings is 1. The molecular formula is C13H13N3O4. The number of phenolic OH excluding ortho intramolecular Hbond substituents is 1. The highest BCUT2D eigenvalue weighted by Crippen LogP contribution is 2.19. The molecule has 0 saturated carbocycles. The molecule has 1 heterocycles. The van der Waals surface area contributed by atoms with Gasteiger partial charge in [0.1, 0.15) is 11.4 Å². The highest BCUT2D eigenvalue weighted by atomic mass is 16.6. The lowest BCUT2D eigenvalue weighted by molar-refractivity contribution is -0.384. The fourth-order valence-corrected chi connectivity index (χ4v) is 1.79. The molecule has 0 saturated heterocycles. The first-order valence-electron chi connectivity index (χ1n) is 5.96. The van der Waals surface area contributed by atoms with Gasteiger partial charge in [0.05, 0.1) is 11.1 Å². The predicted molar refractivity (Wildman–Crippen MR) is 72.8 cm³/mol. The average Bonchev–Trinajstić information content (AvgIpc) is 2.86. The molecule has 2 N–H and O–H groups in total. The molecular weight excluding hydrogens is 262 g/mol. The zero-order chi connectivity index (χ0) is 14.7. The van der Waals surface area contributed by atoms with Gasteiger partial charge in [0, 0.05) is 18.3 Å². The van der Waals surface area contributed by atoms with Crippen LogP contribution in [0.15, 0.2) is 36.5 Å². The number of carbonyl (C=O) groups is 1. The van der Waals surface area contributed by atoms with Gasteiger partial charge in [0.15, 0.2) is 0 Å². The van der Waals surface area contributed by atoms with Gasteiger partial charge < -0.3 is 15.0 Å². The van der Waals surface area contributed by atoms with E-state index in [4.69, 9.17) is 5.11 Å². The second-order valence-electron chi connectivity index (χ2n) is 4.13. The Morgan fingerprint density at radius 1 is 1.40 bits per heavy atom. The molecule has 7 heteroatoms. The number of hydrogen-bond acceptors (Lipinski definition) is 4. The quantitative estimate of drug-likeness (QED) is 0.508. The van der Waals surface area contributed by atoms with Gasteiger partial charge in [-0.2, -0.15) is 0 Å². The molecule has 1 aromatic heterocycles. The van der Waals surface area contributed by atoms with Crippen LogP contribution in [-0.2, 0) is 6.54 Å². The summed E-state index contributed by atoms with van der Waals surface area (Å²) >= 11 is 0. The minimum Gasteiger partial charge on any atom is -0.508 e. The van der Waals surface area contributed by atoms with Gasteiger partial charge in [-0.05, 0) is 31.2 Å². The molecule has 1 aromatic carbocycles. The minimum absolute atomic E-state index is 0.0931. The van der Waals surface area contributed by atoms with Crippen molar-refractivity contribution in [3.8, 4) is 5.75 Å². The average molecular weight is 275 g/mol. The molecule has 7 nitrogen and oxygen atoms in total. The molecule has 0 bridgehead atoms. The Kier molecular flexibility index (Phi) is 3.69. The molecule has 20 heavy (non-hydrogen) atoms. The zero-order valence-electron chi connectivity index (χ0n) is 10.7. The second-order valence-corrected chi connectivity index (χ2v) is 4.13. The van der Waals surface area contributed by atoms with Crippen molar-refractivity contribution in [2.75, 3.05) is 5.32 Å². The van der Waals surface area contributed by atoms with Crippen LogP contribution in [0, 0.1) is 10.1 Å². The van der Waals surface area contributed by atoms with Crippen molar-refractivity contribution in [1.82, 2.24) is 4.57 Å². The number of anilines is 1. The summed E-state index contributed by atoms with van der Waals surface area (Å²) in [5, 5.41) is 22.5. The van der Waals surface area contributed by atoms with Gasteiger partial charge in [0.2, 0.25) is 0 Å². The Balaban J connectivity index is 2.24. The molecule has 1 amide bonds. The number of amides is 1. The summed E-state index contributed by atoms with van der Waals surface area (Å²) in [6.07, 6.45) is 1.33. The SMILES string of the molecule is CCn1cc([N+](=O)[O-])cc1C(=O)Nc1ccc(O)cc1. The Bertz CT molecular complexity index is 646. The summed E-state index contributed by atoms with van der Waals surface area (Å²) < 4.78 is 1.51. The molecule has 0 fully saturated rings. The fraction of sp³-hybridized carbons (Fsp3) is 0.154. The van der Waals surface area contributed by atoms with Gasteiger partial charge in [-0.1, -0.05) is 0 Å². The summed E-state index contributed by atoms with van der Waals surface area (Å²) in [5.41, 5.74) is 0.592. The molecule has 0 aliphatic carbocycles. The number of aryl methyl sites for hydroxylation is 1. The Morgan fingerprint density at radius 2 is 2.05 bits per heavy atom. The standard InChI is InChI=1S/C13H13N3O4/c1-2-15-8-10(16(19)20)7-12(15)13(18)14-9-3-5-11(17)6-4-9/h3-8,17H,2H2,1H3,(H,14,18). The number of nitrogens with one attached hydrogen (secondary N) is 1. The smallest absolute Gasteiger partial charge is 0.287 e. The van der Waals surface area contributed by atoms with E-state index in [-0.39, 0.29) is 17.1 Å². The van der Waals surface area contributed by atoms with Gasteiger partial charge >= 0.3 is 0 Å². The first-order valence-corrected chi connectivity index (χ1v) is 5.96. The molecule has 0 radical (unpaired) electrons. The monoisotopic (exact) mass is 275 g/mol. The van der Waals surface area contributed by atoms with E-state index in [0.717, 1.165) is 0 Å². The lowest BCUT2D eigenvalue weighted by Gasteiger charge is -2.07. The number of nitrogens with zero attached hydrogens (tertiary/aromatic N) is 2. The van der Waals surface area contributed by atoms with E-state index in [9.17, 15) is 14.9 Å². The number of aromatic nitrogens is 1. The highest BCUT2D eigenvalue weighted by molar-refractivity contribution is 6.03. The fourth-order valence-electron chi connectivity index (χ4n) is 1.79. The number of phenols is 1. The number of nitro groups is 1. The van der Waals surface area contributed by atoms with Crippen molar-refractivity contribution in [2.24, 2.45) is 0 Å².